The minimum absolute atomic E-state index is 0.826. The molecule has 0 saturated carbocycles. The molecule has 4 rings (SSSR count). The van der Waals surface area contributed by atoms with Gasteiger partial charge < -0.3 is 0 Å². The molecule has 0 spiro atoms. The largest absolute Gasteiger partial charge is 0.168 e. The predicted molar refractivity (Wildman–Crippen MR) is 118 cm³/mol. The van der Waals surface area contributed by atoms with Crippen LogP contribution in [0.1, 0.15) is 13.8 Å². The molecule has 0 saturated heterocycles. The minimum Gasteiger partial charge on any atom is -0.168 e. The van der Waals surface area contributed by atoms with Crippen LogP contribution in [0.5, 0.6) is 0 Å². The van der Waals surface area contributed by atoms with Gasteiger partial charge in [-0.15, -0.1) is 59.3 Å². The zero-order valence-electron chi connectivity index (χ0n) is 15.4. The number of fused-ring (bicyclic) bond motifs is 2. The second-order valence-corrected chi connectivity index (χ2v) is 11.3. The molecule has 0 bridgehead atoms. The van der Waals surface area contributed by atoms with Gasteiger partial charge in [-0.25, -0.2) is 0 Å². The van der Waals surface area contributed by atoms with E-state index in [2.05, 4.69) is 105 Å². The Balaban J connectivity index is 0.000000189. The Kier molecular flexibility index (Phi) is 13.0. The van der Waals surface area contributed by atoms with Gasteiger partial charge in [0.1, 0.15) is 0 Å². The van der Waals surface area contributed by atoms with Gasteiger partial charge in [-0.3, -0.25) is 0 Å². The quantitative estimate of drug-likeness (QED) is 0.192. The number of halogens is 2. The summed E-state index contributed by atoms with van der Waals surface area (Å²) in [6.07, 6.45) is 0. The SMILES string of the molecule is C[Si]C(C)C.[Cl][Zr+2][Cl].c1ccc2[cH-]ccc2c1.c1ccc2[cH-]ccc2c1. The Morgan fingerprint density at radius 1 is 0.769 bits per heavy atom. The Morgan fingerprint density at radius 3 is 1.42 bits per heavy atom. The molecule has 0 aromatic heterocycles. The maximum Gasteiger partial charge on any atom is -0.0809 e. The molecule has 0 nitrogen and oxygen atoms in total. The standard InChI is InChI=1S/2C9H7.C4H10Si.2ClH.Zr/c2*1-2-5-9-7-3-6-8(9)4-1;1-4(2)5-3;;;/h2*1-7H;4H,1-3H3;2*1H;/q2*-1;;;;+4/p-2. The molecule has 0 N–H and O–H groups in total. The van der Waals surface area contributed by atoms with Gasteiger partial charge in [-0.05, 0) is 0 Å². The van der Waals surface area contributed by atoms with Gasteiger partial charge in [0.25, 0.3) is 0 Å². The zero-order valence-corrected chi connectivity index (χ0v) is 20.4. The average molecular weight is 479 g/mol. The van der Waals surface area contributed by atoms with E-state index < -0.39 is 20.8 Å². The monoisotopic (exact) mass is 476 g/mol. The van der Waals surface area contributed by atoms with Gasteiger partial charge in [0.05, 0.1) is 0 Å². The van der Waals surface area contributed by atoms with Crippen LogP contribution in [-0.4, -0.2) is 9.52 Å². The fourth-order valence-corrected chi connectivity index (χ4v) is 2.14. The average Bonchev–Trinajstić information content (AvgIpc) is 3.32. The first kappa shape index (κ1) is 23.4. The van der Waals surface area contributed by atoms with Crippen molar-refractivity contribution in [2.75, 3.05) is 0 Å². The van der Waals surface area contributed by atoms with E-state index in [4.69, 9.17) is 17.0 Å². The summed E-state index contributed by atoms with van der Waals surface area (Å²) < 4.78 is 0. The number of hydrogen-bond donors (Lipinski definition) is 0. The van der Waals surface area contributed by atoms with E-state index in [9.17, 15) is 0 Å². The summed E-state index contributed by atoms with van der Waals surface area (Å²) in [4.78, 5) is 0. The van der Waals surface area contributed by atoms with Gasteiger partial charge >= 0.3 is 37.9 Å². The van der Waals surface area contributed by atoms with Gasteiger partial charge in [-0.1, -0.05) is 38.1 Å². The summed E-state index contributed by atoms with van der Waals surface area (Å²) >= 11 is -0.826. The van der Waals surface area contributed by atoms with Crippen LogP contribution in [0.3, 0.4) is 0 Å². The third kappa shape index (κ3) is 9.33. The summed E-state index contributed by atoms with van der Waals surface area (Å²) in [5, 5.41) is 5.32. The Bertz CT molecular complexity index is 710. The fraction of sp³-hybridized carbons (Fsp3) is 0.182. The predicted octanol–water partition coefficient (Wildman–Crippen LogP) is 8.06. The van der Waals surface area contributed by atoms with E-state index in [1.807, 2.05) is 0 Å². The molecule has 0 heterocycles. The number of rotatable bonds is 1. The van der Waals surface area contributed by atoms with Crippen LogP contribution in [0.15, 0.2) is 84.9 Å². The van der Waals surface area contributed by atoms with Crippen LogP contribution in [0, 0.1) is 0 Å². The zero-order chi connectivity index (χ0) is 19.2. The van der Waals surface area contributed by atoms with Crippen molar-refractivity contribution >= 4 is 48.1 Å². The molecule has 2 radical (unpaired) electrons. The van der Waals surface area contributed by atoms with Crippen molar-refractivity contribution in [1.82, 2.24) is 0 Å². The van der Waals surface area contributed by atoms with Crippen molar-refractivity contribution in [3.8, 4) is 0 Å². The second kappa shape index (κ2) is 14.4. The molecule has 0 aliphatic heterocycles. The van der Waals surface area contributed by atoms with Gasteiger partial charge in [0.2, 0.25) is 0 Å². The summed E-state index contributed by atoms with van der Waals surface area (Å²) in [6, 6.07) is 29.3. The first-order valence-electron chi connectivity index (χ1n) is 8.46. The normalized spacial score (nSPS) is 9.31. The molecule has 4 aromatic carbocycles. The first-order chi connectivity index (χ1) is 12.6. The molecule has 0 aliphatic rings. The van der Waals surface area contributed by atoms with Crippen LogP contribution >= 0.6 is 17.0 Å². The maximum atomic E-state index is 4.93. The number of benzene rings is 2. The van der Waals surface area contributed by atoms with Crippen molar-refractivity contribution < 1.29 is 20.8 Å². The molecule has 4 aromatic rings. The molecule has 0 atom stereocenters. The number of hydrogen-bond acceptors (Lipinski definition) is 0. The summed E-state index contributed by atoms with van der Waals surface area (Å²) in [6.45, 7) is 6.70. The topological polar surface area (TPSA) is 0 Å². The van der Waals surface area contributed by atoms with E-state index in [0.29, 0.717) is 0 Å². The van der Waals surface area contributed by atoms with E-state index in [-0.39, 0.29) is 0 Å². The fourth-order valence-electron chi connectivity index (χ4n) is 2.14. The van der Waals surface area contributed by atoms with E-state index >= 15 is 0 Å². The minimum atomic E-state index is -0.826. The first-order valence-corrected chi connectivity index (χ1v) is 16.4. The molecule has 0 aliphatic carbocycles. The van der Waals surface area contributed by atoms with Gasteiger partial charge in [0, 0.05) is 9.52 Å². The van der Waals surface area contributed by atoms with Gasteiger partial charge in [0.15, 0.2) is 0 Å². The molecular weight excluding hydrogens is 454 g/mol. The summed E-state index contributed by atoms with van der Waals surface area (Å²) in [7, 11) is 11.0. The van der Waals surface area contributed by atoms with Crippen LogP contribution in [0.2, 0.25) is 12.1 Å². The third-order valence-electron chi connectivity index (χ3n) is 3.67. The van der Waals surface area contributed by atoms with Crippen LogP contribution in [-0.2, 0) is 20.8 Å². The Morgan fingerprint density at radius 2 is 1.12 bits per heavy atom. The van der Waals surface area contributed by atoms with Crippen LogP contribution in [0.25, 0.3) is 21.5 Å². The third-order valence-corrected chi connectivity index (χ3v) is 4.83. The molecule has 26 heavy (non-hydrogen) atoms. The van der Waals surface area contributed by atoms with Crippen LogP contribution < -0.4 is 0 Å². The van der Waals surface area contributed by atoms with E-state index in [1.54, 1.807) is 0 Å². The van der Waals surface area contributed by atoms with E-state index in [1.165, 1.54) is 21.5 Å². The maximum absolute atomic E-state index is 4.93. The Labute approximate surface area is 178 Å². The van der Waals surface area contributed by atoms with Crippen molar-refractivity contribution in [3.63, 3.8) is 0 Å². The second-order valence-electron chi connectivity index (χ2n) is 5.82. The molecule has 0 unspecified atom stereocenters. The van der Waals surface area contributed by atoms with Crippen LogP contribution in [0.4, 0.5) is 0 Å². The Hall–Kier alpha value is -0.660. The van der Waals surface area contributed by atoms with Crippen molar-refractivity contribution in [1.29, 1.82) is 0 Å². The van der Waals surface area contributed by atoms with E-state index in [0.717, 1.165) is 15.1 Å². The smallest absolute Gasteiger partial charge is 0.0809 e. The van der Waals surface area contributed by atoms with Gasteiger partial charge in [-0.2, -0.15) is 35.0 Å². The van der Waals surface area contributed by atoms with Crippen molar-refractivity contribution in [2.24, 2.45) is 0 Å². The van der Waals surface area contributed by atoms with Crippen molar-refractivity contribution in [2.45, 2.75) is 25.9 Å². The molecule has 134 valence electrons. The van der Waals surface area contributed by atoms with Crippen molar-refractivity contribution in [3.05, 3.63) is 84.9 Å². The molecule has 0 amide bonds. The summed E-state index contributed by atoms with van der Waals surface area (Å²) in [5.41, 5.74) is 0.912. The molecule has 0 fully saturated rings. The molecular formula is C22H24Cl2SiZr. The summed E-state index contributed by atoms with van der Waals surface area (Å²) in [5.74, 6) is 0. The molecule has 4 heteroatoms.